The van der Waals surface area contributed by atoms with Crippen LogP contribution in [0.15, 0.2) is 81.3 Å². The standard InChI is InChI=1S/C16H16N4O2.C15H14N6O2.2C2H6/c1-9(21)11-3-5-13(6-4-11)17-7-12-8-18-15-14(12)16(22)20-10(2)19-15;1-8(22)9-2-4-10(5-3-9)17-6-11-7-18-13-12(19-11)14(23)21-15(16)20-13;2*1-2/h3-6,8,14,17H,7H2,1-2H3,(H,18,19,20,22);2-5,7,17H,6H2,1H3,(H3,16,18,20,21,23);2*1-2H3. The molecule has 0 aliphatic carbocycles. The van der Waals surface area contributed by atoms with Gasteiger partial charge in [0.15, 0.2) is 22.7 Å². The van der Waals surface area contributed by atoms with E-state index < -0.39 is 11.5 Å². The molecule has 14 heteroatoms. The number of hydrogen-bond donors (Lipinski definition) is 5. The summed E-state index contributed by atoms with van der Waals surface area (Å²) < 4.78 is 0. The SMILES string of the molecule is CC.CC.CC(=O)c1ccc(NCC2=CN=C3N=C(C)NC(=O)C23)cc1.CC(=O)c1ccc(NCc2cnc3nc(N)[nH]c(=O)c3n2)cc1. The highest BCUT2D eigenvalue weighted by Gasteiger charge is 2.34. The molecule has 2 aromatic heterocycles. The van der Waals surface area contributed by atoms with Crippen molar-refractivity contribution in [1.29, 1.82) is 0 Å². The number of carbonyl (C=O) groups excluding carboxylic acids is 3. The molecule has 6 rings (SSSR count). The Balaban J connectivity index is 0.000000241. The molecule has 2 aliphatic heterocycles. The highest BCUT2D eigenvalue weighted by atomic mass is 16.2. The number of aromatic nitrogens is 4. The predicted octanol–water partition coefficient (Wildman–Crippen LogP) is 4.92. The van der Waals surface area contributed by atoms with E-state index >= 15 is 0 Å². The third-order valence-corrected chi connectivity index (χ3v) is 6.88. The molecule has 0 radical (unpaired) electrons. The molecule has 49 heavy (non-hydrogen) atoms. The number of aromatic amines is 1. The van der Waals surface area contributed by atoms with Gasteiger partial charge in [-0.05, 0) is 74.9 Å². The molecular formula is C35H42N10O4. The van der Waals surface area contributed by atoms with Gasteiger partial charge in [0, 0.05) is 35.2 Å². The van der Waals surface area contributed by atoms with Crippen LogP contribution in [0.2, 0.25) is 0 Å². The minimum absolute atomic E-state index is 0.00763. The third kappa shape index (κ3) is 9.97. The average molecular weight is 667 g/mol. The van der Waals surface area contributed by atoms with Crippen molar-refractivity contribution in [3.05, 3.63) is 93.7 Å². The van der Waals surface area contributed by atoms with Crippen molar-refractivity contribution in [1.82, 2.24) is 25.3 Å². The first-order valence-corrected chi connectivity index (χ1v) is 15.9. The zero-order valence-electron chi connectivity index (χ0n) is 28.7. The number of H-pyrrole nitrogens is 1. The number of ketones is 2. The summed E-state index contributed by atoms with van der Waals surface area (Å²) in [5, 5.41) is 9.11. The minimum Gasteiger partial charge on any atom is -0.381 e. The first kappa shape index (κ1) is 37.4. The molecule has 256 valence electrons. The van der Waals surface area contributed by atoms with Gasteiger partial charge in [-0.3, -0.25) is 24.2 Å². The Hall–Kier alpha value is -6.05. The third-order valence-electron chi connectivity index (χ3n) is 6.88. The van der Waals surface area contributed by atoms with Crippen molar-refractivity contribution in [2.45, 2.75) is 55.0 Å². The zero-order valence-corrected chi connectivity index (χ0v) is 28.7. The van der Waals surface area contributed by atoms with Gasteiger partial charge >= 0.3 is 0 Å². The molecule has 1 atom stereocenters. The molecule has 0 spiro atoms. The van der Waals surface area contributed by atoms with E-state index in [0.717, 1.165) is 16.9 Å². The molecule has 0 saturated heterocycles. The molecule has 2 aromatic carbocycles. The number of fused-ring (bicyclic) bond motifs is 2. The van der Waals surface area contributed by atoms with Crippen LogP contribution in [0.3, 0.4) is 0 Å². The molecule has 4 aromatic rings. The summed E-state index contributed by atoms with van der Waals surface area (Å²) in [6.07, 6.45) is 3.23. The summed E-state index contributed by atoms with van der Waals surface area (Å²) in [5.74, 6) is 0.676. The van der Waals surface area contributed by atoms with E-state index in [2.05, 4.69) is 45.9 Å². The highest BCUT2D eigenvalue weighted by Crippen LogP contribution is 2.24. The summed E-state index contributed by atoms with van der Waals surface area (Å²) in [5.41, 5.74) is 9.89. The van der Waals surface area contributed by atoms with E-state index in [1.165, 1.54) is 20.0 Å². The summed E-state index contributed by atoms with van der Waals surface area (Å²) >= 11 is 0. The smallest absolute Gasteiger partial charge is 0.280 e. The number of nitrogens with one attached hydrogen (secondary N) is 4. The number of amides is 1. The second-order valence-electron chi connectivity index (χ2n) is 10.3. The number of nitrogens with zero attached hydrogens (tertiary/aromatic N) is 5. The van der Waals surface area contributed by atoms with Gasteiger partial charge < -0.3 is 21.7 Å². The number of amidine groups is 2. The van der Waals surface area contributed by atoms with Crippen molar-refractivity contribution in [2.24, 2.45) is 15.9 Å². The van der Waals surface area contributed by atoms with E-state index in [1.54, 1.807) is 49.5 Å². The van der Waals surface area contributed by atoms with Crippen LogP contribution in [0.1, 0.15) is 74.9 Å². The highest BCUT2D eigenvalue weighted by molar-refractivity contribution is 6.19. The quantitative estimate of drug-likeness (QED) is 0.160. The second kappa shape index (κ2) is 17.8. The molecule has 4 heterocycles. The number of benzene rings is 2. The van der Waals surface area contributed by atoms with Gasteiger partial charge in [0.25, 0.3) is 5.56 Å². The van der Waals surface area contributed by atoms with Crippen molar-refractivity contribution in [2.75, 3.05) is 22.9 Å². The number of nitrogens with two attached hydrogens (primary N) is 1. The first-order chi connectivity index (χ1) is 23.6. The largest absolute Gasteiger partial charge is 0.381 e. The van der Waals surface area contributed by atoms with E-state index in [4.69, 9.17) is 5.73 Å². The van der Waals surface area contributed by atoms with E-state index in [9.17, 15) is 19.2 Å². The van der Waals surface area contributed by atoms with Crippen LogP contribution < -0.4 is 27.2 Å². The number of Topliss-reactive ketones (excluding diaryl/α,β-unsaturated/α-hetero) is 2. The van der Waals surface area contributed by atoms with Crippen LogP contribution in [0.4, 0.5) is 17.3 Å². The monoisotopic (exact) mass is 666 g/mol. The molecule has 6 N–H and O–H groups in total. The lowest BCUT2D eigenvalue weighted by atomic mass is 9.98. The zero-order chi connectivity index (χ0) is 36.1. The summed E-state index contributed by atoms with van der Waals surface area (Å²) in [6, 6.07) is 14.3. The predicted molar refractivity (Wildman–Crippen MR) is 194 cm³/mol. The van der Waals surface area contributed by atoms with Crippen molar-refractivity contribution in [3.63, 3.8) is 0 Å². The lowest BCUT2D eigenvalue weighted by Gasteiger charge is -2.20. The van der Waals surface area contributed by atoms with Gasteiger partial charge in [-0.2, -0.15) is 4.98 Å². The Morgan fingerprint density at radius 2 is 1.39 bits per heavy atom. The molecule has 14 nitrogen and oxygen atoms in total. The summed E-state index contributed by atoms with van der Waals surface area (Å²) in [4.78, 5) is 69.4. The van der Waals surface area contributed by atoms with Crippen molar-refractivity contribution in [3.8, 4) is 0 Å². The molecule has 1 amide bonds. The Kier molecular flexibility index (Phi) is 13.6. The van der Waals surface area contributed by atoms with Crippen molar-refractivity contribution < 1.29 is 14.4 Å². The summed E-state index contributed by atoms with van der Waals surface area (Å²) in [6.45, 7) is 13.7. The maximum atomic E-state index is 12.0. The van der Waals surface area contributed by atoms with Gasteiger partial charge in [0.1, 0.15) is 17.6 Å². The van der Waals surface area contributed by atoms with Crippen LogP contribution >= 0.6 is 0 Å². The fraction of sp³-hybridized carbons (Fsp3) is 0.286. The molecule has 0 fully saturated rings. The lowest BCUT2D eigenvalue weighted by Crippen LogP contribution is -2.43. The molecule has 1 unspecified atom stereocenters. The van der Waals surface area contributed by atoms with Gasteiger partial charge in [0.05, 0.1) is 18.4 Å². The molecule has 0 saturated carbocycles. The van der Waals surface area contributed by atoms with Crippen LogP contribution in [0, 0.1) is 5.92 Å². The van der Waals surface area contributed by atoms with Crippen LogP contribution in [-0.4, -0.2) is 55.6 Å². The number of rotatable bonds is 8. The Bertz CT molecular complexity index is 1950. The normalized spacial score (nSPS) is 14.1. The average Bonchev–Trinajstić information content (AvgIpc) is 3.52. The van der Waals surface area contributed by atoms with Crippen LogP contribution in [-0.2, 0) is 11.3 Å². The number of hydrogen-bond acceptors (Lipinski definition) is 12. The number of nitrogen functional groups attached to an aromatic ring is 1. The fourth-order valence-electron chi connectivity index (χ4n) is 4.54. The summed E-state index contributed by atoms with van der Waals surface area (Å²) in [7, 11) is 0. The minimum atomic E-state index is -0.423. The van der Waals surface area contributed by atoms with Gasteiger partial charge in [-0.25, -0.2) is 20.0 Å². The molecule has 0 bridgehead atoms. The van der Waals surface area contributed by atoms with Crippen LogP contribution in [0.5, 0.6) is 0 Å². The van der Waals surface area contributed by atoms with Gasteiger partial charge in [0.2, 0.25) is 11.9 Å². The number of anilines is 3. The van der Waals surface area contributed by atoms with Gasteiger partial charge in [-0.1, -0.05) is 27.7 Å². The fourth-order valence-corrected chi connectivity index (χ4v) is 4.54. The number of aliphatic imine (C=N–C) groups is 2. The maximum absolute atomic E-state index is 12.0. The van der Waals surface area contributed by atoms with Gasteiger partial charge in [-0.15, -0.1) is 0 Å². The van der Waals surface area contributed by atoms with E-state index in [-0.39, 0.29) is 34.6 Å². The second-order valence-corrected chi connectivity index (χ2v) is 10.3. The Labute approximate surface area is 284 Å². The maximum Gasteiger partial charge on any atom is 0.280 e. The topological polar surface area (TPSA) is 210 Å². The Morgan fingerprint density at radius 1 is 0.837 bits per heavy atom. The van der Waals surface area contributed by atoms with E-state index in [0.29, 0.717) is 41.6 Å². The van der Waals surface area contributed by atoms with E-state index in [1.807, 2.05) is 39.8 Å². The van der Waals surface area contributed by atoms with Crippen molar-refractivity contribution >= 4 is 57.6 Å². The molecular weight excluding hydrogens is 624 g/mol. The lowest BCUT2D eigenvalue weighted by molar-refractivity contribution is -0.120. The van der Waals surface area contributed by atoms with Crippen LogP contribution in [0.25, 0.3) is 11.2 Å². The first-order valence-electron chi connectivity index (χ1n) is 15.9. The number of carbonyl (C=O) groups is 3. The molecule has 2 aliphatic rings. The Morgan fingerprint density at radius 3 is 1.94 bits per heavy atom.